The van der Waals surface area contributed by atoms with Gasteiger partial charge in [0.2, 0.25) is 0 Å². The Morgan fingerprint density at radius 1 is 1.40 bits per heavy atom. The molecule has 20 heavy (non-hydrogen) atoms. The number of thiophene rings is 1. The predicted molar refractivity (Wildman–Crippen MR) is 75.7 cm³/mol. The Morgan fingerprint density at radius 2 is 2.25 bits per heavy atom. The van der Waals surface area contributed by atoms with E-state index in [0.717, 1.165) is 10.4 Å². The van der Waals surface area contributed by atoms with Crippen LogP contribution < -0.4 is 10.5 Å². The zero-order chi connectivity index (χ0) is 14.4. The summed E-state index contributed by atoms with van der Waals surface area (Å²) in [6.45, 7) is 0.587. The quantitative estimate of drug-likeness (QED) is 0.882. The maximum atomic E-state index is 13.4. The van der Waals surface area contributed by atoms with Crippen molar-refractivity contribution < 1.29 is 9.13 Å². The first-order valence-corrected chi connectivity index (χ1v) is 6.70. The van der Waals surface area contributed by atoms with Gasteiger partial charge in [0.25, 0.3) is 0 Å². The standard InChI is InChI=1S/C15H11FN2OS/c16-14-4-1-5-15(13(14)8-18)19-9-12-7-11(10-20-12)3-2-6-17/h1,4-5,7,10H,6,9,17H2. The molecule has 0 bridgehead atoms. The van der Waals surface area contributed by atoms with Crippen LogP contribution in [-0.4, -0.2) is 6.54 Å². The second-order valence-electron chi connectivity index (χ2n) is 3.82. The van der Waals surface area contributed by atoms with E-state index in [1.165, 1.54) is 23.5 Å². The summed E-state index contributed by atoms with van der Waals surface area (Å²) in [5.41, 5.74) is 6.10. The zero-order valence-corrected chi connectivity index (χ0v) is 11.3. The van der Waals surface area contributed by atoms with Crippen molar-refractivity contribution >= 4 is 11.3 Å². The number of nitriles is 1. The number of ether oxygens (including phenoxy) is 1. The highest BCUT2D eigenvalue weighted by Gasteiger charge is 2.09. The molecule has 0 atom stereocenters. The Balaban J connectivity index is 2.08. The van der Waals surface area contributed by atoms with Crippen molar-refractivity contribution in [1.82, 2.24) is 0 Å². The van der Waals surface area contributed by atoms with Gasteiger partial charge in [-0.3, -0.25) is 0 Å². The molecule has 0 aliphatic rings. The van der Waals surface area contributed by atoms with Crippen LogP contribution in [0.15, 0.2) is 29.6 Å². The van der Waals surface area contributed by atoms with Gasteiger partial charge in [-0.1, -0.05) is 17.9 Å². The number of nitrogens with zero attached hydrogens (tertiary/aromatic N) is 1. The first-order chi connectivity index (χ1) is 9.74. The fraction of sp³-hybridized carbons (Fsp3) is 0.133. The van der Waals surface area contributed by atoms with Gasteiger partial charge in [-0.2, -0.15) is 5.26 Å². The van der Waals surface area contributed by atoms with Gasteiger partial charge in [0.1, 0.15) is 29.8 Å². The maximum absolute atomic E-state index is 13.4. The third kappa shape index (κ3) is 3.36. The SMILES string of the molecule is N#Cc1c(F)cccc1OCc1cc(C#CCN)cs1. The van der Waals surface area contributed by atoms with Crippen molar-refractivity contribution in [2.24, 2.45) is 5.73 Å². The molecule has 0 saturated heterocycles. The molecule has 100 valence electrons. The van der Waals surface area contributed by atoms with Crippen LogP contribution in [0.4, 0.5) is 4.39 Å². The van der Waals surface area contributed by atoms with Crippen LogP contribution in [0, 0.1) is 29.0 Å². The normalized spacial score (nSPS) is 9.45. The van der Waals surface area contributed by atoms with Crippen LogP contribution in [0.3, 0.4) is 0 Å². The fourth-order valence-electron chi connectivity index (χ4n) is 1.56. The van der Waals surface area contributed by atoms with E-state index in [0.29, 0.717) is 6.54 Å². The van der Waals surface area contributed by atoms with Gasteiger partial charge >= 0.3 is 0 Å². The van der Waals surface area contributed by atoms with Crippen molar-refractivity contribution in [3.8, 4) is 23.7 Å². The fourth-order valence-corrected chi connectivity index (χ4v) is 2.28. The van der Waals surface area contributed by atoms with Crippen molar-refractivity contribution in [3.63, 3.8) is 0 Å². The van der Waals surface area contributed by atoms with Crippen LogP contribution in [0.2, 0.25) is 0 Å². The highest BCUT2D eigenvalue weighted by molar-refractivity contribution is 7.10. The van der Waals surface area contributed by atoms with Crippen LogP contribution in [-0.2, 0) is 6.61 Å². The van der Waals surface area contributed by atoms with E-state index < -0.39 is 5.82 Å². The second kappa shape index (κ2) is 6.72. The molecule has 2 N–H and O–H groups in total. The molecule has 1 heterocycles. The molecule has 0 amide bonds. The molecule has 3 nitrogen and oxygen atoms in total. The van der Waals surface area contributed by atoms with E-state index in [2.05, 4.69) is 11.8 Å². The van der Waals surface area contributed by atoms with E-state index in [1.807, 2.05) is 11.4 Å². The van der Waals surface area contributed by atoms with Crippen LogP contribution in [0.5, 0.6) is 5.75 Å². The summed E-state index contributed by atoms with van der Waals surface area (Å²) in [5.74, 6) is 5.36. The lowest BCUT2D eigenvalue weighted by atomic mass is 10.2. The highest BCUT2D eigenvalue weighted by Crippen LogP contribution is 2.23. The van der Waals surface area contributed by atoms with Gasteiger partial charge < -0.3 is 10.5 Å². The summed E-state index contributed by atoms with van der Waals surface area (Å²) in [5, 5.41) is 10.8. The van der Waals surface area contributed by atoms with Gasteiger partial charge in [0, 0.05) is 15.8 Å². The molecule has 1 aromatic heterocycles. The third-order valence-corrected chi connectivity index (χ3v) is 3.36. The minimum Gasteiger partial charge on any atom is -0.487 e. The van der Waals surface area contributed by atoms with E-state index >= 15 is 0 Å². The summed E-state index contributed by atoms with van der Waals surface area (Å²) in [6, 6.07) is 8.01. The topological polar surface area (TPSA) is 59.0 Å². The number of rotatable bonds is 3. The first kappa shape index (κ1) is 14.1. The molecule has 0 aliphatic heterocycles. The van der Waals surface area contributed by atoms with Crippen molar-refractivity contribution in [2.45, 2.75) is 6.61 Å². The molecule has 5 heteroatoms. The van der Waals surface area contributed by atoms with Gasteiger partial charge in [-0.15, -0.1) is 11.3 Å². The minimum absolute atomic E-state index is 0.0767. The third-order valence-electron chi connectivity index (χ3n) is 2.45. The van der Waals surface area contributed by atoms with E-state index in [9.17, 15) is 4.39 Å². The van der Waals surface area contributed by atoms with Crippen molar-refractivity contribution in [2.75, 3.05) is 6.54 Å². The maximum Gasteiger partial charge on any atom is 0.144 e. The highest BCUT2D eigenvalue weighted by atomic mass is 32.1. The summed E-state index contributed by atoms with van der Waals surface area (Å²) in [7, 11) is 0. The lowest BCUT2D eigenvalue weighted by molar-refractivity contribution is 0.307. The predicted octanol–water partition coefficient (Wildman–Crippen LogP) is 2.65. The van der Waals surface area contributed by atoms with Crippen molar-refractivity contribution in [3.05, 3.63) is 51.5 Å². The lowest BCUT2D eigenvalue weighted by Crippen LogP contribution is -1.97. The molecule has 0 aliphatic carbocycles. The summed E-state index contributed by atoms with van der Waals surface area (Å²) >= 11 is 1.49. The second-order valence-corrected chi connectivity index (χ2v) is 4.82. The van der Waals surface area contributed by atoms with Gasteiger partial charge in [0.15, 0.2) is 0 Å². The van der Waals surface area contributed by atoms with Crippen LogP contribution in [0.25, 0.3) is 0 Å². The molecule has 0 unspecified atom stereocenters. The van der Waals surface area contributed by atoms with Gasteiger partial charge in [0.05, 0.1) is 6.54 Å². The van der Waals surface area contributed by atoms with Crippen molar-refractivity contribution in [1.29, 1.82) is 5.26 Å². The Kier molecular flexibility index (Phi) is 4.73. The number of hydrogen-bond donors (Lipinski definition) is 1. The first-order valence-electron chi connectivity index (χ1n) is 5.82. The summed E-state index contributed by atoms with van der Waals surface area (Å²) in [6.07, 6.45) is 0. The molecule has 0 saturated carbocycles. The molecule has 2 aromatic rings. The number of halogens is 1. The summed E-state index contributed by atoms with van der Waals surface area (Å²) < 4.78 is 18.9. The molecule has 0 radical (unpaired) electrons. The Hall–Kier alpha value is -2.34. The Morgan fingerprint density at radius 3 is 3.00 bits per heavy atom. The van der Waals surface area contributed by atoms with Crippen LogP contribution >= 0.6 is 11.3 Å². The molecule has 2 rings (SSSR count). The Labute approximate surface area is 120 Å². The average Bonchev–Trinajstić information content (AvgIpc) is 2.91. The molecule has 0 spiro atoms. The van der Waals surface area contributed by atoms with E-state index in [-0.39, 0.29) is 17.9 Å². The smallest absolute Gasteiger partial charge is 0.144 e. The van der Waals surface area contributed by atoms with E-state index in [1.54, 1.807) is 12.1 Å². The average molecular weight is 286 g/mol. The molecular weight excluding hydrogens is 275 g/mol. The van der Waals surface area contributed by atoms with E-state index in [4.69, 9.17) is 15.7 Å². The zero-order valence-electron chi connectivity index (χ0n) is 10.5. The largest absolute Gasteiger partial charge is 0.487 e. The minimum atomic E-state index is -0.578. The number of nitrogens with two attached hydrogens (primary N) is 1. The molecular formula is C15H11FN2OS. The number of hydrogen-bond acceptors (Lipinski definition) is 4. The van der Waals surface area contributed by atoms with Gasteiger partial charge in [-0.25, -0.2) is 4.39 Å². The summed E-state index contributed by atoms with van der Waals surface area (Å²) in [4.78, 5) is 0.944. The van der Waals surface area contributed by atoms with Gasteiger partial charge in [-0.05, 0) is 18.2 Å². The monoisotopic (exact) mass is 286 g/mol. The lowest BCUT2D eigenvalue weighted by Gasteiger charge is -2.06. The Bertz CT molecular complexity index is 707. The number of benzene rings is 1. The van der Waals surface area contributed by atoms with Crippen LogP contribution in [0.1, 0.15) is 16.0 Å². The molecule has 0 fully saturated rings. The molecule has 1 aromatic carbocycles.